The van der Waals surface area contributed by atoms with Crippen LogP contribution in [0.3, 0.4) is 0 Å². The summed E-state index contributed by atoms with van der Waals surface area (Å²) in [6.45, 7) is 0.525. The number of anilines is 1. The monoisotopic (exact) mass is 189 g/mol. The topological polar surface area (TPSA) is 61.9 Å². The molecule has 0 bridgehead atoms. The molecule has 0 unspecified atom stereocenters. The first kappa shape index (κ1) is 9.21. The third-order valence-electron chi connectivity index (χ3n) is 2.48. The van der Waals surface area contributed by atoms with Crippen LogP contribution in [0.25, 0.3) is 0 Å². The fraction of sp³-hybridized carbons (Fsp3) is 0.364. The van der Waals surface area contributed by atoms with E-state index >= 15 is 0 Å². The lowest BCUT2D eigenvalue weighted by atomic mass is 10.1. The van der Waals surface area contributed by atoms with Gasteiger partial charge in [-0.3, -0.25) is 0 Å². The first-order valence-electron chi connectivity index (χ1n) is 4.94. The van der Waals surface area contributed by atoms with Crippen LogP contribution in [0.2, 0.25) is 0 Å². The van der Waals surface area contributed by atoms with Gasteiger partial charge in [0.2, 0.25) is 0 Å². The van der Waals surface area contributed by atoms with E-state index < -0.39 is 0 Å². The minimum Gasteiger partial charge on any atom is -0.382 e. The normalized spacial score (nSPS) is 15.2. The summed E-state index contributed by atoms with van der Waals surface area (Å²) in [4.78, 5) is 0. The first-order chi connectivity index (χ1) is 6.85. The molecule has 3 heteroatoms. The Balaban J connectivity index is 2.33. The molecule has 4 N–H and O–H groups in total. The number of para-hydroxylation sites is 1. The highest BCUT2D eigenvalue weighted by atomic mass is 15.0. The van der Waals surface area contributed by atoms with E-state index in [0.29, 0.717) is 12.6 Å². The van der Waals surface area contributed by atoms with Crippen LogP contribution in [0.1, 0.15) is 24.0 Å². The van der Waals surface area contributed by atoms with E-state index in [1.54, 1.807) is 0 Å². The first-order valence-corrected chi connectivity index (χ1v) is 4.94. The molecule has 74 valence electrons. The Bertz CT molecular complexity index is 342. The van der Waals surface area contributed by atoms with Crippen LogP contribution >= 0.6 is 0 Å². The Morgan fingerprint density at radius 3 is 2.86 bits per heavy atom. The third-order valence-corrected chi connectivity index (χ3v) is 2.48. The maximum Gasteiger partial charge on any atom is 0.0476 e. The standard InChI is InChI=1S/C11H15N3/c12-6-8-2-1-3-9(7-13)11(8)14-10-4-5-10/h1-3,6,10,12,14H,4-5,7,13H2. The summed E-state index contributed by atoms with van der Waals surface area (Å²) in [7, 11) is 0. The molecule has 0 amide bonds. The molecule has 1 aromatic carbocycles. The lowest BCUT2D eigenvalue weighted by molar-refractivity contribution is 1.05. The van der Waals surface area contributed by atoms with Crippen LogP contribution in [0.15, 0.2) is 18.2 Å². The van der Waals surface area contributed by atoms with Gasteiger partial charge < -0.3 is 16.5 Å². The molecular weight excluding hydrogens is 174 g/mol. The van der Waals surface area contributed by atoms with Crippen LogP contribution in [0.4, 0.5) is 5.69 Å². The van der Waals surface area contributed by atoms with Gasteiger partial charge in [0.05, 0.1) is 0 Å². The van der Waals surface area contributed by atoms with E-state index in [1.165, 1.54) is 19.1 Å². The summed E-state index contributed by atoms with van der Waals surface area (Å²) < 4.78 is 0. The minimum atomic E-state index is 0.525. The van der Waals surface area contributed by atoms with Gasteiger partial charge in [-0.2, -0.15) is 0 Å². The van der Waals surface area contributed by atoms with Crippen molar-refractivity contribution in [1.82, 2.24) is 0 Å². The molecule has 0 aromatic heterocycles. The number of benzene rings is 1. The molecule has 0 atom stereocenters. The molecule has 1 saturated carbocycles. The van der Waals surface area contributed by atoms with Crippen LogP contribution < -0.4 is 11.1 Å². The van der Waals surface area contributed by atoms with Crippen LogP contribution in [-0.4, -0.2) is 12.3 Å². The SMILES string of the molecule is N=Cc1cccc(CN)c1NC1CC1. The van der Waals surface area contributed by atoms with Gasteiger partial charge in [-0.25, -0.2) is 0 Å². The Morgan fingerprint density at radius 2 is 2.29 bits per heavy atom. The zero-order chi connectivity index (χ0) is 9.97. The average Bonchev–Trinajstić information content (AvgIpc) is 3.02. The summed E-state index contributed by atoms with van der Waals surface area (Å²) >= 11 is 0. The predicted octanol–water partition coefficient (Wildman–Crippen LogP) is 1.72. The van der Waals surface area contributed by atoms with Crippen molar-refractivity contribution in [2.24, 2.45) is 5.73 Å². The Kier molecular flexibility index (Phi) is 2.50. The highest BCUT2D eigenvalue weighted by Crippen LogP contribution is 2.28. The molecule has 2 rings (SSSR count). The summed E-state index contributed by atoms with van der Waals surface area (Å²) in [5, 5.41) is 10.7. The van der Waals surface area contributed by atoms with E-state index in [0.717, 1.165) is 16.8 Å². The van der Waals surface area contributed by atoms with Crippen LogP contribution in [-0.2, 0) is 6.54 Å². The van der Waals surface area contributed by atoms with Crippen molar-refractivity contribution in [3.8, 4) is 0 Å². The second-order valence-electron chi connectivity index (χ2n) is 3.65. The van der Waals surface area contributed by atoms with Crippen molar-refractivity contribution in [3.63, 3.8) is 0 Å². The second-order valence-corrected chi connectivity index (χ2v) is 3.65. The fourth-order valence-corrected chi connectivity index (χ4v) is 1.52. The lowest BCUT2D eigenvalue weighted by Gasteiger charge is -2.12. The van der Waals surface area contributed by atoms with Gasteiger partial charge in [0.1, 0.15) is 0 Å². The van der Waals surface area contributed by atoms with E-state index in [9.17, 15) is 0 Å². The third kappa shape index (κ3) is 1.77. The summed E-state index contributed by atoms with van der Waals surface area (Å²) in [5.41, 5.74) is 8.73. The number of nitrogens with two attached hydrogens (primary N) is 1. The summed E-state index contributed by atoms with van der Waals surface area (Å²) in [6, 6.07) is 6.50. The Labute approximate surface area is 83.8 Å². The lowest BCUT2D eigenvalue weighted by Crippen LogP contribution is -2.09. The van der Waals surface area contributed by atoms with Gasteiger partial charge in [0.15, 0.2) is 0 Å². The molecule has 1 fully saturated rings. The smallest absolute Gasteiger partial charge is 0.0476 e. The predicted molar refractivity (Wildman–Crippen MR) is 58.9 cm³/mol. The number of nitrogens with one attached hydrogen (secondary N) is 2. The molecule has 14 heavy (non-hydrogen) atoms. The molecule has 1 aromatic rings. The fourth-order valence-electron chi connectivity index (χ4n) is 1.52. The van der Waals surface area contributed by atoms with Crippen LogP contribution in [0.5, 0.6) is 0 Å². The largest absolute Gasteiger partial charge is 0.382 e. The molecule has 1 aliphatic carbocycles. The van der Waals surface area contributed by atoms with Crippen molar-refractivity contribution < 1.29 is 0 Å². The minimum absolute atomic E-state index is 0.525. The molecule has 0 radical (unpaired) electrons. The van der Waals surface area contributed by atoms with E-state index in [-0.39, 0.29) is 0 Å². The maximum absolute atomic E-state index is 7.32. The van der Waals surface area contributed by atoms with Gasteiger partial charge in [-0.1, -0.05) is 18.2 Å². The molecule has 0 heterocycles. The number of hydrogen-bond donors (Lipinski definition) is 3. The average molecular weight is 189 g/mol. The summed E-state index contributed by atoms with van der Waals surface area (Å²) in [5.74, 6) is 0. The van der Waals surface area contributed by atoms with Crippen molar-refractivity contribution >= 4 is 11.9 Å². The zero-order valence-electron chi connectivity index (χ0n) is 8.09. The van der Waals surface area contributed by atoms with Crippen molar-refractivity contribution in [3.05, 3.63) is 29.3 Å². The Hall–Kier alpha value is -1.35. The maximum atomic E-state index is 7.32. The van der Waals surface area contributed by atoms with Crippen LogP contribution in [0, 0.1) is 5.41 Å². The van der Waals surface area contributed by atoms with E-state index in [2.05, 4.69) is 5.32 Å². The van der Waals surface area contributed by atoms with Crippen molar-refractivity contribution in [2.75, 3.05) is 5.32 Å². The molecule has 3 nitrogen and oxygen atoms in total. The molecular formula is C11H15N3. The number of rotatable bonds is 4. The van der Waals surface area contributed by atoms with Gasteiger partial charge >= 0.3 is 0 Å². The zero-order valence-corrected chi connectivity index (χ0v) is 8.09. The molecule has 0 spiro atoms. The van der Waals surface area contributed by atoms with E-state index in [1.807, 2.05) is 18.2 Å². The highest BCUT2D eigenvalue weighted by Gasteiger charge is 2.22. The van der Waals surface area contributed by atoms with Crippen molar-refractivity contribution in [2.45, 2.75) is 25.4 Å². The molecule has 0 aliphatic heterocycles. The number of hydrogen-bond acceptors (Lipinski definition) is 3. The van der Waals surface area contributed by atoms with Gasteiger partial charge in [0, 0.05) is 30.1 Å². The van der Waals surface area contributed by atoms with Crippen molar-refractivity contribution in [1.29, 1.82) is 5.41 Å². The summed E-state index contributed by atoms with van der Waals surface area (Å²) in [6.07, 6.45) is 3.84. The van der Waals surface area contributed by atoms with Gasteiger partial charge in [0.25, 0.3) is 0 Å². The molecule has 0 saturated heterocycles. The highest BCUT2D eigenvalue weighted by molar-refractivity contribution is 5.87. The molecule has 1 aliphatic rings. The van der Waals surface area contributed by atoms with Gasteiger partial charge in [-0.05, 0) is 18.4 Å². The van der Waals surface area contributed by atoms with Gasteiger partial charge in [-0.15, -0.1) is 0 Å². The Morgan fingerprint density at radius 1 is 1.50 bits per heavy atom. The quantitative estimate of drug-likeness (QED) is 0.631. The second kappa shape index (κ2) is 3.80. The van der Waals surface area contributed by atoms with E-state index in [4.69, 9.17) is 11.1 Å².